The summed E-state index contributed by atoms with van der Waals surface area (Å²) in [5.74, 6) is -1.28. The van der Waals surface area contributed by atoms with Crippen molar-refractivity contribution in [1.29, 1.82) is 0 Å². The summed E-state index contributed by atoms with van der Waals surface area (Å²) in [6.07, 6.45) is -0.691. The highest BCUT2D eigenvalue weighted by molar-refractivity contribution is 5.79. The van der Waals surface area contributed by atoms with Crippen molar-refractivity contribution in [3.05, 3.63) is 71.8 Å². The monoisotopic (exact) mass is 328 g/mol. The average Bonchev–Trinajstić information content (AvgIpc) is 2.61. The molecule has 7 nitrogen and oxygen atoms in total. The zero-order valence-corrected chi connectivity index (χ0v) is 12.7. The third kappa shape index (κ3) is 4.57. The van der Waals surface area contributed by atoms with E-state index in [2.05, 4.69) is 5.43 Å². The first-order valence-corrected chi connectivity index (χ1v) is 7.10. The highest BCUT2D eigenvalue weighted by atomic mass is 16.6. The van der Waals surface area contributed by atoms with Gasteiger partial charge in [0.25, 0.3) is 0 Å². The standard InChI is InChI=1S/C17H16N2O5/c20-12-19(15(16(21)22)14-9-5-2-6-10-14)18-17(23)24-11-13-7-3-1-4-8-13/h1-10,12,15H,11H2,(H,18,23)(H,21,22). The molecule has 2 aromatic carbocycles. The second kappa shape index (κ2) is 8.33. The number of aliphatic carboxylic acids is 1. The van der Waals surface area contributed by atoms with Crippen molar-refractivity contribution in [2.24, 2.45) is 0 Å². The fourth-order valence-corrected chi connectivity index (χ4v) is 2.07. The summed E-state index contributed by atoms with van der Waals surface area (Å²) in [4.78, 5) is 34.5. The van der Waals surface area contributed by atoms with E-state index in [1.54, 1.807) is 54.6 Å². The number of ether oxygens (including phenoxy) is 1. The first-order chi connectivity index (χ1) is 11.6. The van der Waals surface area contributed by atoms with Gasteiger partial charge in [-0.1, -0.05) is 60.7 Å². The topological polar surface area (TPSA) is 95.9 Å². The number of hydrogen-bond acceptors (Lipinski definition) is 4. The average molecular weight is 328 g/mol. The van der Waals surface area contributed by atoms with Crippen molar-refractivity contribution in [3.63, 3.8) is 0 Å². The third-order valence-corrected chi connectivity index (χ3v) is 3.17. The van der Waals surface area contributed by atoms with Crippen LogP contribution in [0.3, 0.4) is 0 Å². The molecule has 0 saturated carbocycles. The molecule has 2 aromatic rings. The van der Waals surface area contributed by atoms with Gasteiger partial charge in [0.15, 0.2) is 6.04 Å². The maximum atomic E-state index is 11.8. The van der Waals surface area contributed by atoms with E-state index in [1.165, 1.54) is 0 Å². The molecule has 2 rings (SSSR count). The summed E-state index contributed by atoms with van der Waals surface area (Å²) in [5.41, 5.74) is 3.25. The first-order valence-electron chi connectivity index (χ1n) is 7.10. The molecule has 0 aliphatic rings. The molecule has 0 bridgehead atoms. The van der Waals surface area contributed by atoms with Gasteiger partial charge in [-0.3, -0.25) is 4.79 Å². The second-order valence-corrected chi connectivity index (χ2v) is 4.84. The number of benzene rings is 2. The van der Waals surface area contributed by atoms with E-state index < -0.39 is 18.1 Å². The molecule has 1 atom stereocenters. The summed E-state index contributed by atoms with van der Waals surface area (Å²) in [7, 11) is 0. The van der Waals surface area contributed by atoms with E-state index in [-0.39, 0.29) is 13.0 Å². The maximum absolute atomic E-state index is 11.8. The number of amides is 2. The molecule has 24 heavy (non-hydrogen) atoms. The number of carboxylic acids is 1. The van der Waals surface area contributed by atoms with E-state index in [9.17, 15) is 19.5 Å². The van der Waals surface area contributed by atoms with Gasteiger partial charge >= 0.3 is 12.1 Å². The summed E-state index contributed by atoms with van der Waals surface area (Å²) >= 11 is 0. The van der Waals surface area contributed by atoms with Crippen LogP contribution in [0.2, 0.25) is 0 Å². The van der Waals surface area contributed by atoms with E-state index in [1.807, 2.05) is 6.07 Å². The Kier molecular flexibility index (Phi) is 5.90. The highest BCUT2D eigenvalue weighted by Crippen LogP contribution is 2.18. The van der Waals surface area contributed by atoms with Crippen LogP contribution < -0.4 is 5.43 Å². The third-order valence-electron chi connectivity index (χ3n) is 3.17. The Hall–Kier alpha value is -3.35. The summed E-state index contributed by atoms with van der Waals surface area (Å²) < 4.78 is 4.98. The Morgan fingerprint density at radius 2 is 1.67 bits per heavy atom. The van der Waals surface area contributed by atoms with Gasteiger partial charge in [-0.05, 0) is 11.1 Å². The minimum Gasteiger partial charge on any atom is -0.479 e. The number of nitrogens with one attached hydrogen (secondary N) is 1. The van der Waals surface area contributed by atoms with Gasteiger partial charge in [-0.15, -0.1) is 0 Å². The van der Waals surface area contributed by atoms with Crippen LogP contribution in [0.4, 0.5) is 4.79 Å². The van der Waals surface area contributed by atoms with Crippen molar-refractivity contribution < 1.29 is 24.2 Å². The zero-order valence-electron chi connectivity index (χ0n) is 12.7. The molecule has 1 unspecified atom stereocenters. The van der Waals surface area contributed by atoms with Crippen LogP contribution in [0.15, 0.2) is 60.7 Å². The molecular weight excluding hydrogens is 312 g/mol. The van der Waals surface area contributed by atoms with Gasteiger partial charge in [0, 0.05) is 0 Å². The Morgan fingerprint density at radius 3 is 2.21 bits per heavy atom. The van der Waals surface area contributed by atoms with Gasteiger partial charge in [0.05, 0.1) is 0 Å². The molecule has 124 valence electrons. The van der Waals surface area contributed by atoms with Crippen molar-refractivity contribution in [2.75, 3.05) is 0 Å². The summed E-state index contributed by atoms with van der Waals surface area (Å²) in [6, 6.07) is 15.7. The summed E-state index contributed by atoms with van der Waals surface area (Å²) in [6.45, 7) is 0.00243. The number of hydrazine groups is 1. The van der Waals surface area contributed by atoms with Gasteiger partial charge in [-0.2, -0.15) is 0 Å². The van der Waals surface area contributed by atoms with Crippen LogP contribution in [0, 0.1) is 0 Å². The van der Waals surface area contributed by atoms with Gasteiger partial charge in [0.2, 0.25) is 6.41 Å². The Labute approximate surface area is 138 Å². The normalized spacial score (nSPS) is 11.2. The maximum Gasteiger partial charge on any atom is 0.426 e. The quantitative estimate of drug-likeness (QED) is 0.599. The smallest absolute Gasteiger partial charge is 0.426 e. The van der Waals surface area contributed by atoms with Crippen molar-refractivity contribution >= 4 is 18.5 Å². The predicted octanol–water partition coefficient (Wildman–Crippen LogP) is 2.11. The van der Waals surface area contributed by atoms with Crippen LogP contribution in [-0.2, 0) is 20.9 Å². The van der Waals surface area contributed by atoms with Gasteiger partial charge in [0.1, 0.15) is 6.61 Å². The van der Waals surface area contributed by atoms with E-state index in [0.29, 0.717) is 10.6 Å². The second-order valence-electron chi connectivity index (χ2n) is 4.84. The summed E-state index contributed by atoms with van der Waals surface area (Å²) in [5, 5.41) is 10.0. The lowest BCUT2D eigenvalue weighted by atomic mass is 10.1. The number of carbonyl (C=O) groups is 3. The molecule has 0 aliphatic carbocycles. The van der Waals surface area contributed by atoms with Crippen LogP contribution >= 0.6 is 0 Å². The lowest BCUT2D eigenvalue weighted by Crippen LogP contribution is -2.46. The van der Waals surface area contributed by atoms with Crippen molar-refractivity contribution in [2.45, 2.75) is 12.6 Å². The number of nitrogens with zero attached hydrogens (tertiary/aromatic N) is 1. The van der Waals surface area contributed by atoms with Crippen LogP contribution in [0.5, 0.6) is 0 Å². The first kappa shape index (κ1) is 17.0. The molecule has 7 heteroatoms. The Balaban J connectivity index is 2.02. The van der Waals surface area contributed by atoms with Crippen LogP contribution in [0.25, 0.3) is 0 Å². The molecule has 0 radical (unpaired) electrons. The van der Waals surface area contributed by atoms with Crippen molar-refractivity contribution in [1.82, 2.24) is 10.4 Å². The molecule has 0 fully saturated rings. The Bertz CT molecular complexity index is 691. The zero-order chi connectivity index (χ0) is 17.4. The van der Waals surface area contributed by atoms with Gasteiger partial charge in [-0.25, -0.2) is 20.0 Å². The largest absolute Gasteiger partial charge is 0.479 e. The minimum absolute atomic E-state index is 0.00243. The Morgan fingerprint density at radius 1 is 1.08 bits per heavy atom. The molecule has 0 spiro atoms. The van der Waals surface area contributed by atoms with Crippen LogP contribution in [-0.4, -0.2) is 28.6 Å². The molecular formula is C17H16N2O5. The highest BCUT2D eigenvalue weighted by Gasteiger charge is 2.28. The lowest BCUT2D eigenvalue weighted by Gasteiger charge is -2.25. The van der Waals surface area contributed by atoms with Crippen molar-refractivity contribution in [3.8, 4) is 0 Å². The molecule has 2 amide bonds. The molecule has 0 aliphatic heterocycles. The fourth-order valence-electron chi connectivity index (χ4n) is 2.07. The van der Waals surface area contributed by atoms with E-state index in [0.717, 1.165) is 5.56 Å². The number of carboxylic acid groups (broad SMARTS) is 1. The molecule has 2 N–H and O–H groups in total. The molecule has 0 saturated heterocycles. The van der Waals surface area contributed by atoms with Gasteiger partial charge < -0.3 is 9.84 Å². The number of carbonyl (C=O) groups excluding carboxylic acids is 2. The van der Waals surface area contributed by atoms with E-state index in [4.69, 9.17) is 4.74 Å². The van der Waals surface area contributed by atoms with E-state index >= 15 is 0 Å². The minimum atomic E-state index is -1.35. The SMILES string of the molecule is O=CN(NC(=O)OCc1ccccc1)C(C(=O)O)c1ccccc1. The molecule has 0 aromatic heterocycles. The predicted molar refractivity (Wildman–Crippen MR) is 84.5 cm³/mol. The number of hydrogen-bond donors (Lipinski definition) is 2. The number of rotatable bonds is 7. The van der Waals surface area contributed by atoms with Crippen LogP contribution in [0.1, 0.15) is 17.2 Å². The lowest BCUT2D eigenvalue weighted by molar-refractivity contribution is -0.148. The fraction of sp³-hybridized carbons (Fsp3) is 0.118. The molecule has 0 heterocycles.